The van der Waals surface area contributed by atoms with Crippen LogP contribution in [0, 0.1) is 0 Å². The fourth-order valence-corrected chi connectivity index (χ4v) is 2.72. The van der Waals surface area contributed by atoms with E-state index < -0.39 is 0 Å². The maximum Gasteiger partial charge on any atom is 0.225 e. The summed E-state index contributed by atoms with van der Waals surface area (Å²) in [6.45, 7) is 1.66. The molecule has 0 aliphatic carbocycles. The second-order valence-corrected chi connectivity index (χ2v) is 5.98. The molecule has 1 aliphatic heterocycles. The van der Waals surface area contributed by atoms with Crippen LogP contribution in [0.3, 0.4) is 0 Å². The summed E-state index contributed by atoms with van der Waals surface area (Å²) in [6, 6.07) is 13.7. The van der Waals surface area contributed by atoms with E-state index in [9.17, 15) is 4.79 Å². The standard InChI is InChI=1S/C19H23N3O2/c23-19(11-8-15-5-2-1-3-6-15)22-18-10-9-16(13-21-18)20-14-17-7-4-12-24-17/h1-3,5-6,9-10,13,17,20H,4,7-8,11-12,14H2,(H,21,22,23). The Morgan fingerprint density at radius 1 is 1.21 bits per heavy atom. The predicted molar refractivity (Wildman–Crippen MR) is 95.1 cm³/mol. The fraction of sp³-hybridized carbons (Fsp3) is 0.368. The number of benzene rings is 1. The fourth-order valence-electron chi connectivity index (χ4n) is 2.72. The second kappa shape index (κ2) is 8.45. The molecule has 5 heteroatoms. The molecule has 126 valence electrons. The number of nitrogens with zero attached hydrogens (tertiary/aromatic N) is 1. The Morgan fingerprint density at radius 2 is 2.08 bits per heavy atom. The van der Waals surface area contributed by atoms with Crippen molar-refractivity contribution < 1.29 is 9.53 Å². The van der Waals surface area contributed by atoms with E-state index in [0.717, 1.165) is 43.7 Å². The quantitative estimate of drug-likeness (QED) is 0.820. The zero-order valence-electron chi connectivity index (χ0n) is 13.7. The van der Waals surface area contributed by atoms with E-state index in [-0.39, 0.29) is 5.91 Å². The SMILES string of the molecule is O=C(CCc1ccccc1)Nc1ccc(NCC2CCCO2)cn1. The van der Waals surface area contributed by atoms with Crippen molar-refractivity contribution in [2.45, 2.75) is 31.8 Å². The maximum atomic E-state index is 12.0. The minimum Gasteiger partial charge on any atom is -0.381 e. The number of amides is 1. The van der Waals surface area contributed by atoms with Gasteiger partial charge in [-0.1, -0.05) is 30.3 Å². The first-order valence-corrected chi connectivity index (χ1v) is 8.45. The van der Waals surface area contributed by atoms with Crippen LogP contribution >= 0.6 is 0 Å². The van der Waals surface area contributed by atoms with Crippen molar-refractivity contribution in [2.75, 3.05) is 23.8 Å². The van der Waals surface area contributed by atoms with Gasteiger partial charge in [-0.05, 0) is 37.0 Å². The third-order valence-corrected chi connectivity index (χ3v) is 4.07. The molecule has 0 spiro atoms. The molecule has 1 atom stereocenters. The molecule has 1 aromatic carbocycles. The Bertz CT molecular complexity index is 637. The van der Waals surface area contributed by atoms with Crippen LogP contribution in [0.1, 0.15) is 24.8 Å². The van der Waals surface area contributed by atoms with Crippen molar-refractivity contribution in [3.8, 4) is 0 Å². The minimum atomic E-state index is -0.0218. The van der Waals surface area contributed by atoms with E-state index in [1.807, 2.05) is 42.5 Å². The molecule has 2 aromatic rings. The zero-order chi connectivity index (χ0) is 16.6. The van der Waals surface area contributed by atoms with Crippen LogP contribution in [0.4, 0.5) is 11.5 Å². The first kappa shape index (κ1) is 16.5. The number of ether oxygens (including phenoxy) is 1. The van der Waals surface area contributed by atoms with E-state index >= 15 is 0 Å². The first-order chi connectivity index (χ1) is 11.8. The first-order valence-electron chi connectivity index (χ1n) is 8.45. The van der Waals surface area contributed by atoms with Gasteiger partial charge < -0.3 is 15.4 Å². The van der Waals surface area contributed by atoms with Gasteiger partial charge in [0.15, 0.2) is 0 Å². The van der Waals surface area contributed by atoms with Crippen LogP contribution in [0.2, 0.25) is 0 Å². The number of hydrogen-bond acceptors (Lipinski definition) is 4. The predicted octanol–water partition coefficient (Wildman–Crippen LogP) is 3.24. The molecule has 0 bridgehead atoms. The number of aromatic nitrogens is 1. The Balaban J connectivity index is 1.42. The van der Waals surface area contributed by atoms with Crippen LogP contribution in [-0.4, -0.2) is 30.1 Å². The summed E-state index contributed by atoms with van der Waals surface area (Å²) in [5.41, 5.74) is 2.10. The molecule has 1 fully saturated rings. The smallest absolute Gasteiger partial charge is 0.225 e. The van der Waals surface area contributed by atoms with Gasteiger partial charge in [-0.25, -0.2) is 4.98 Å². The highest BCUT2D eigenvalue weighted by atomic mass is 16.5. The number of nitrogens with one attached hydrogen (secondary N) is 2. The van der Waals surface area contributed by atoms with E-state index in [0.29, 0.717) is 18.3 Å². The maximum absolute atomic E-state index is 12.0. The van der Waals surface area contributed by atoms with E-state index in [2.05, 4.69) is 15.6 Å². The summed E-state index contributed by atoms with van der Waals surface area (Å²) in [4.78, 5) is 16.3. The lowest BCUT2D eigenvalue weighted by atomic mass is 10.1. The summed E-state index contributed by atoms with van der Waals surface area (Å²) in [6.07, 6.45) is 5.46. The van der Waals surface area contributed by atoms with Crippen LogP contribution in [0.15, 0.2) is 48.7 Å². The number of carbonyl (C=O) groups excluding carboxylic acids is 1. The zero-order valence-corrected chi connectivity index (χ0v) is 13.7. The average Bonchev–Trinajstić information content (AvgIpc) is 3.14. The Morgan fingerprint density at radius 3 is 2.79 bits per heavy atom. The molecule has 1 aliphatic rings. The van der Waals surface area contributed by atoms with Gasteiger partial charge in [0.2, 0.25) is 5.91 Å². The van der Waals surface area contributed by atoms with Gasteiger partial charge in [0.05, 0.1) is 18.0 Å². The van der Waals surface area contributed by atoms with E-state index in [1.165, 1.54) is 0 Å². The van der Waals surface area contributed by atoms with Crippen molar-refractivity contribution in [1.29, 1.82) is 0 Å². The molecule has 0 radical (unpaired) electrons. The highest BCUT2D eigenvalue weighted by molar-refractivity contribution is 5.89. The molecule has 3 rings (SSSR count). The van der Waals surface area contributed by atoms with Gasteiger partial charge >= 0.3 is 0 Å². The van der Waals surface area contributed by atoms with Gasteiger partial charge in [-0.2, -0.15) is 0 Å². The number of rotatable bonds is 7. The van der Waals surface area contributed by atoms with Crippen LogP contribution in [-0.2, 0) is 16.0 Å². The average molecular weight is 325 g/mol. The molecule has 0 saturated carbocycles. The monoisotopic (exact) mass is 325 g/mol. The number of hydrogen-bond donors (Lipinski definition) is 2. The Hall–Kier alpha value is -2.40. The molecule has 1 aromatic heterocycles. The highest BCUT2D eigenvalue weighted by Crippen LogP contribution is 2.15. The molecule has 24 heavy (non-hydrogen) atoms. The highest BCUT2D eigenvalue weighted by Gasteiger charge is 2.14. The number of carbonyl (C=O) groups is 1. The minimum absolute atomic E-state index is 0.0218. The van der Waals surface area contributed by atoms with Crippen LogP contribution < -0.4 is 10.6 Å². The molecule has 1 amide bonds. The summed E-state index contributed by atoms with van der Waals surface area (Å²) < 4.78 is 5.57. The van der Waals surface area contributed by atoms with Gasteiger partial charge in [0.1, 0.15) is 5.82 Å². The molecular formula is C19H23N3O2. The second-order valence-electron chi connectivity index (χ2n) is 5.98. The van der Waals surface area contributed by atoms with Crippen LogP contribution in [0.5, 0.6) is 0 Å². The summed E-state index contributed by atoms with van der Waals surface area (Å²) in [5.74, 6) is 0.558. The van der Waals surface area contributed by atoms with Gasteiger partial charge in [-0.3, -0.25) is 4.79 Å². The summed E-state index contributed by atoms with van der Waals surface area (Å²) in [7, 11) is 0. The van der Waals surface area contributed by atoms with Crippen molar-refractivity contribution in [3.05, 3.63) is 54.2 Å². The van der Waals surface area contributed by atoms with Crippen molar-refractivity contribution in [2.24, 2.45) is 0 Å². The van der Waals surface area contributed by atoms with Gasteiger partial charge in [0, 0.05) is 19.6 Å². The van der Waals surface area contributed by atoms with Crippen molar-refractivity contribution >= 4 is 17.4 Å². The van der Waals surface area contributed by atoms with Crippen molar-refractivity contribution in [1.82, 2.24) is 4.98 Å². The Labute approximate surface area is 142 Å². The normalized spacial score (nSPS) is 16.8. The van der Waals surface area contributed by atoms with E-state index in [4.69, 9.17) is 4.74 Å². The largest absolute Gasteiger partial charge is 0.381 e. The molecule has 1 unspecified atom stereocenters. The molecule has 2 heterocycles. The number of anilines is 2. The van der Waals surface area contributed by atoms with Gasteiger partial charge in [0.25, 0.3) is 0 Å². The van der Waals surface area contributed by atoms with Gasteiger partial charge in [-0.15, -0.1) is 0 Å². The van der Waals surface area contributed by atoms with Crippen LogP contribution in [0.25, 0.3) is 0 Å². The third kappa shape index (κ3) is 5.06. The number of aryl methyl sites for hydroxylation is 1. The lowest BCUT2D eigenvalue weighted by molar-refractivity contribution is -0.116. The number of pyridine rings is 1. The molecule has 5 nitrogen and oxygen atoms in total. The van der Waals surface area contributed by atoms with E-state index in [1.54, 1.807) is 6.20 Å². The lowest BCUT2D eigenvalue weighted by Gasteiger charge is -2.12. The topological polar surface area (TPSA) is 63.2 Å². The lowest BCUT2D eigenvalue weighted by Crippen LogP contribution is -2.18. The summed E-state index contributed by atoms with van der Waals surface area (Å²) >= 11 is 0. The molecular weight excluding hydrogens is 302 g/mol. The Kier molecular flexibility index (Phi) is 5.80. The molecule has 2 N–H and O–H groups in total. The summed E-state index contributed by atoms with van der Waals surface area (Å²) in [5, 5.41) is 6.15. The molecule has 1 saturated heterocycles. The van der Waals surface area contributed by atoms with Crippen molar-refractivity contribution in [3.63, 3.8) is 0 Å². The third-order valence-electron chi connectivity index (χ3n) is 4.07.